The van der Waals surface area contributed by atoms with Gasteiger partial charge in [-0.3, -0.25) is 0 Å². The first-order chi connectivity index (χ1) is 8.21. The van der Waals surface area contributed by atoms with Crippen molar-refractivity contribution in [2.75, 3.05) is 33.7 Å². The van der Waals surface area contributed by atoms with E-state index in [9.17, 15) is 13.2 Å². The second-order valence-electron chi connectivity index (χ2n) is 4.99. The summed E-state index contributed by atoms with van der Waals surface area (Å²) in [5, 5.41) is 0. The van der Waals surface area contributed by atoms with Crippen LogP contribution in [0.3, 0.4) is 0 Å². The number of halogens is 3. The smallest absolute Gasteiger partial charge is 0.393 e. The van der Waals surface area contributed by atoms with Crippen LogP contribution in [0.25, 0.3) is 0 Å². The maximum atomic E-state index is 12.7. The molecule has 0 aromatic carbocycles. The van der Waals surface area contributed by atoms with Crippen LogP contribution in [0, 0.1) is 5.92 Å². The van der Waals surface area contributed by atoms with Gasteiger partial charge in [0.2, 0.25) is 0 Å². The molecule has 0 aromatic heterocycles. The van der Waals surface area contributed by atoms with E-state index in [1.807, 2.05) is 7.05 Å². The SMILES string of the molecule is CN(CC1CCCN1C)CC(C(N)=S)C(F)(F)F. The minimum Gasteiger partial charge on any atom is -0.393 e. The molecule has 0 saturated carbocycles. The van der Waals surface area contributed by atoms with Crippen molar-refractivity contribution >= 4 is 17.2 Å². The number of likely N-dealkylation sites (tertiary alicyclic amines) is 1. The molecule has 0 aromatic rings. The third-order valence-electron chi connectivity index (χ3n) is 3.43. The molecule has 2 atom stereocenters. The molecular formula is C11H20F3N3S. The normalized spacial score (nSPS) is 23.6. The van der Waals surface area contributed by atoms with Gasteiger partial charge < -0.3 is 15.5 Å². The van der Waals surface area contributed by atoms with Crippen LogP contribution in [-0.2, 0) is 0 Å². The Bertz CT molecular complexity index is 296. The summed E-state index contributed by atoms with van der Waals surface area (Å²) in [6, 6.07) is 0.329. The number of nitrogens with two attached hydrogens (primary N) is 1. The Morgan fingerprint density at radius 1 is 1.56 bits per heavy atom. The minimum absolute atomic E-state index is 0.164. The minimum atomic E-state index is -4.36. The van der Waals surface area contributed by atoms with Crippen LogP contribution in [0.1, 0.15) is 12.8 Å². The molecule has 1 heterocycles. The van der Waals surface area contributed by atoms with Gasteiger partial charge >= 0.3 is 6.18 Å². The van der Waals surface area contributed by atoms with Crippen molar-refractivity contribution in [2.24, 2.45) is 11.7 Å². The van der Waals surface area contributed by atoms with E-state index in [-0.39, 0.29) is 6.54 Å². The highest BCUT2D eigenvalue weighted by Crippen LogP contribution is 2.27. The number of thiocarbonyl (C=S) groups is 1. The van der Waals surface area contributed by atoms with Crippen LogP contribution >= 0.6 is 12.2 Å². The topological polar surface area (TPSA) is 32.5 Å². The lowest BCUT2D eigenvalue weighted by Gasteiger charge is -2.29. The Hall–Kier alpha value is -0.400. The number of hydrogen-bond donors (Lipinski definition) is 1. The molecule has 0 spiro atoms. The summed E-state index contributed by atoms with van der Waals surface area (Å²) in [6.07, 6.45) is -2.22. The average molecular weight is 283 g/mol. The zero-order valence-electron chi connectivity index (χ0n) is 10.7. The fourth-order valence-corrected chi connectivity index (χ4v) is 2.52. The first kappa shape index (κ1) is 15.7. The molecule has 2 N–H and O–H groups in total. The summed E-state index contributed by atoms with van der Waals surface area (Å²) >= 11 is 4.51. The zero-order chi connectivity index (χ0) is 13.9. The maximum absolute atomic E-state index is 12.7. The summed E-state index contributed by atoms with van der Waals surface area (Å²) in [7, 11) is 3.68. The van der Waals surface area contributed by atoms with Crippen molar-refractivity contribution in [2.45, 2.75) is 25.1 Å². The first-order valence-corrected chi connectivity index (χ1v) is 6.37. The van der Waals surface area contributed by atoms with Gasteiger partial charge in [-0.05, 0) is 33.5 Å². The van der Waals surface area contributed by atoms with E-state index in [1.54, 1.807) is 11.9 Å². The summed E-state index contributed by atoms with van der Waals surface area (Å²) in [5.74, 6) is -1.72. The van der Waals surface area contributed by atoms with E-state index in [2.05, 4.69) is 17.1 Å². The van der Waals surface area contributed by atoms with Gasteiger partial charge in [0.25, 0.3) is 0 Å². The van der Waals surface area contributed by atoms with E-state index in [0.29, 0.717) is 12.6 Å². The van der Waals surface area contributed by atoms with Crippen LogP contribution in [0.4, 0.5) is 13.2 Å². The highest BCUT2D eigenvalue weighted by atomic mass is 32.1. The maximum Gasteiger partial charge on any atom is 0.399 e. The molecule has 1 aliphatic rings. The molecule has 0 bridgehead atoms. The van der Waals surface area contributed by atoms with Crippen molar-refractivity contribution in [1.82, 2.24) is 9.80 Å². The van der Waals surface area contributed by atoms with Crippen molar-refractivity contribution in [3.8, 4) is 0 Å². The summed E-state index contributed by atoms with van der Waals surface area (Å²) in [5.41, 5.74) is 5.18. The van der Waals surface area contributed by atoms with Gasteiger partial charge in [0.15, 0.2) is 0 Å². The van der Waals surface area contributed by atoms with E-state index >= 15 is 0 Å². The van der Waals surface area contributed by atoms with Crippen LogP contribution in [-0.4, -0.2) is 60.7 Å². The largest absolute Gasteiger partial charge is 0.399 e. The standard InChI is InChI=1S/C11H20F3N3S/c1-16(6-8-4-3-5-17(8)2)7-9(10(15)18)11(12,13)14/h8-9H,3-7H2,1-2H3,(H2,15,18). The number of hydrogen-bond acceptors (Lipinski definition) is 3. The summed E-state index contributed by atoms with van der Waals surface area (Å²) in [4.78, 5) is 3.37. The number of rotatable bonds is 5. The molecule has 7 heteroatoms. The highest BCUT2D eigenvalue weighted by Gasteiger charge is 2.42. The second-order valence-corrected chi connectivity index (χ2v) is 5.47. The van der Waals surface area contributed by atoms with Crippen LogP contribution < -0.4 is 5.73 Å². The molecular weight excluding hydrogens is 263 g/mol. The van der Waals surface area contributed by atoms with Crippen LogP contribution in [0.5, 0.6) is 0 Å². The quantitative estimate of drug-likeness (QED) is 0.775. The molecule has 1 aliphatic heterocycles. The molecule has 106 valence electrons. The van der Waals surface area contributed by atoms with Gasteiger partial charge in [-0.1, -0.05) is 12.2 Å². The van der Waals surface area contributed by atoms with Crippen molar-refractivity contribution < 1.29 is 13.2 Å². The molecule has 0 radical (unpaired) electrons. The zero-order valence-corrected chi connectivity index (χ0v) is 11.5. The number of likely N-dealkylation sites (N-methyl/N-ethyl adjacent to an activating group) is 2. The van der Waals surface area contributed by atoms with Crippen LogP contribution in [0.15, 0.2) is 0 Å². The van der Waals surface area contributed by atoms with Crippen LogP contribution in [0.2, 0.25) is 0 Å². The molecule has 3 nitrogen and oxygen atoms in total. The predicted octanol–water partition coefficient (Wildman–Crippen LogP) is 1.48. The van der Waals surface area contributed by atoms with Crippen molar-refractivity contribution in [3.63, 3.8) is 0 Å². The van der Waals surface area contributed by atoms with Gasteiger partial charge in [-0.15, -0.1) is 0 Å². The van der Waals surface area contributed by atoms with Gasteiger partial charge in [0.1, 0.15) is 5.92 Å². The Morgan fingerprint density at radius 2 is 2.17 bits per heavy atom. The Balaban J connectivity index is 2.51. The fourth-order valence-electron chi connectivity index (χ4n) is 2.31. The average Bonchev–Trinajstić information content (AvgIpc) is 2.59. The van der Waals surface area contributed by atoms with Gasteiger partial charge in [-0.25, -0.2) is 0 Å². The Kier molecular flexibility index (Phi) is 5.36. The lowest BCUT2D eigenvalue weighted by molar-refractivity contribution is -0.158. The van der Waals surface area contributed by atoms with E-state index in [0.717, 1.165) is 19.4 Å². The molecule has 1 saturated heterocycles. The highest BCUT2D eigenvalue weighted by molar-refractivity contribution is 7.80. The van der Waals surface area contributed by atoms with Gasteiger partial charge in [0, 0.05) is 19.1 Å². The van der Waals surface area contributed by atoms with E-state index in [1.165, 1.54) is 0 Å². The fraction of sp³-hybridized carbons (Fsp3) is 0.909. The monoisotopic (exact) mass is 283 g/mol. The molecule has 1 fully saturated rings. The van der Waals surface area contributed by atoms with E-state index < -0.39 is 17.1 Å². The molecule has 0 amide bonds. The molecule has 18 heavy (non-hydrogen) atoms. The molecule has 2 unspecified atom stereocenters. The van der Waals surface area contributed by atoms with Gasteiger partial charge in [-0.2, -0.15) is 13.2 Å². The first-order valence-electron chi connectivity index (χ1n) is 5.96. The predicted molar refractivity (Wildman–Crippen MR) is 69.5 cm³/mol. The van der Waals surface area contributed by atoms with Crippen molar-refractivity contribution in [3.05, 3.63) is 0 Å². The molecule has 0 aliphatic carbocycles. The summed E-state index contributed by atoms with van der Waals surface area (Å²) < 4.78 is 38.2. The van der Waals surface area contributed by atoms with Gasteiger partial charge in [0.05, 0.1) is 4.99 Å². The lowest BCUT2D eigenvalue weighted by Crippen LogP contribution is -2.45. The Morgan fingerprint density at radius 3 is 2.56 bits per heavy atom. The Labute approximate surface area is 111 Å². The third-order valence-corrected chi connectivity index (χ3v) is 3.71. The number of nitrogens with zero attached hydrogens (tertiary/aromatic N) is 2. The second kappa shape index (κ2) is 6.16. The van der Waals surface area contributed by atoms with E-state index in [4.69, 9.17) is 5.73 Å². The number of alkyl halides is 3. The lowest BCUT2D eigenvalue weighted by atomic mass is 10.1. The molecule has 1 rings (SSSR count). The van der Waals surface area contributed by atoms with Crippen molar-refractivity contribution in [1.29, 1.82) is 0 Å². The third kappa shape index (κ3) is 4.37. The summed E-state index contributed by atoms with van der Waals surface area (Å²) in [6.45, 7) is 1.46.